The molecule has 0 bridgehead atoms. The fraction of sp³-hybridized carbons (Fsp3) is 0.407. The second kappa shape index (κ2) is 11.5. The van der Waals surface area contributed by atoms with Gasteiger partial charge in [0, 0.05) is 50.3 Å². The summed E-state index contributed by atoms with van der Waals surface area (Å²) < 4.78 is 47.1. The number of hydrogen-bond donors (Lipinski definition) is 3. The number of hydrogen-bond acceptors (Lipinski definition) is 9. The van der Waals surface area contributed by atoms with Gasteiger partial charge in [-0.25, -0.2) is 17.8 Å². The SMILES string of the molecule is Cc1cc(Nc2ccnc(Nc3ccc(S(=O)(=O)N4CCCC(O)(CN5CCOCC5)C4)cc3)n2)ccc1F. The van der Waals surface area contributed by atoms with Crippen molar-refractivity contribution in [2.75, 3.05) is 56.6 Å². The first-order valence-electron chi connectivity index (χ1n) is 13.0. The zero-order valence-corrected chi connectivity index (χ0v) is 22.6. The van der Waals surface area contributed by atoms with Gasteiger partial charge in [0.05, 0.1) is 23.7 Å². The maximum Gasteiger partial charge on any atom is 0.243 e. The fourth-order valence-corrected chi connectivity index (χ4v) is 6.49. The molecule has 0 spiro atoms. The lowest BCUT2D eigenvalue weighted by Gasteiger charge is -2.42. The van der Waals surface area contributed by atoms with Crippen molar-refractivity contribution in [3.63, 3.8) is 0 Å². The Bertz CT molecular complexity index is 1400. The van der Waals surface area contributed by atoms with Crippen LogP contribution >= 0.6 is 0 Å². The van der Waals surface area contributed by atoms with Gasteiger partial charge in [0.25, 0.3) is 0 Å². The summed E-state index contributed by atoms with van der Waals surface area (Å²) in [6.45, 7) is 5.27. The quantitative estimate of drug-likeness (QED) is 0.384. The molecule has 3 N–H and O–H groups in total. The highest BCUT2D eigenvalue weighted by molar-refractivity contribution is 7.89. The molecule has 1 atom stereocenters. The molecule has 2 fully saturated rings. The largest absolute Gasteiger partial charge is 0.387 e. The van der Waals surface area contributed by atoms with Gasteiger partial charge in [-0.1, -0.05) is 0 Å². The number of β-amino-alcohol motifs (C(OH)–C–C–N with tert-alkyl or cyclic N) is 1. The lowest BCUT2D eigenvalue weighted by Crippen LogP contribution is -2.56. The minimum Gasteiger partial charge on any atom is -0.387 e. The van der Waals surface area contributed by atoms with Gasteiger partial charge in [0.15, 0.2) is 0 Å². The number of benzene rings is 2. The van der Waals surface area contributed by atoms with Crippen LogP contribution in [0.4, 0.5) is 27.5 Å². The molecular formula is C27H33FN6O4S. The van der Waals surface area contributed by atoms with Gasteiger partial charge in [-0.15, -0.1) is 0 Å². The summed E-state index contributed by atoms with van der Waals surface area (Å²) in [6, 6.07) is 12.8. The summed E-state index contributed by atoms with van der Waals surface area (Å²) >= 11 is 0. The zero-order chi connectivity index (χ0) is 27.5. The van der Waals surface area contributed by atoms with Crippen molar-refractivity contribution in [3.05, 3.63) is 66.1 Å². The summed E-state index contributed by atoms with van der Waals surface area (Å²) in [7, 11) is -3.78. The Labute approximate surface area is 227 Å². The molecule has 0 aliphatic carbocycles. The lowest BCUT2D eigenvalue weighted by atomic mass is 9.93. The van der Waals surface area contributed by atoms with E-state index in [9.17, 15) is 17.9 Å². The van der Waals surface area contributed by atoms with Crippen molar-refractivity contribution < 1.29 is 22.7 Å². The normalized spacial score (nSPS) is 21.0. The molecule has 1 unspecified atom stereocenters. The molecule has 208 valence electrons. The summed E-state index contributed by atoms with van der Waals surface area (Å²) in [5, 5.41) is 17.4. The third-order valence-electron chi connectivity index (χ3n) is 6.98. The van der Waals surface area contributed by atoms with E-state index in [0.717, 1.165) is 13.1 Å². The van der Waals surface area contributed by atoms with Gasteiger partial charge >= 0.3 is 0 Å². The first-order chi connectivity index (χ1) is 18.7. The van der Waals surface area contributed by atoms with E-state index in [2.05, 4.69) is 25.5 Å². The zero-order valence-electron chi connectivity index (χ0n) is 21.8. The van der Waals surface area contributed by atoms with Crippen LogP contribution in [0.3, 0.4) is 0 Å². The second-order valence-electron chi connectivity index (χ2n) is 10.1. The molecule has 2 aromatic carbocycles. The summed E-state index contributed by atoms with van der Waals surface area (Å²) in [5.74, 6) is 0.561. The first-order valence-corrected chi connectivity index (χ1v) is 14.4. The van der Waals surface area contributed by atoms with E-state index < -0.39 is 15.6 Å². The summed E-state index contributed by atoms with van der Waals surface area (Å²) in [6.07, 6.45) is 2.74. The molecule has 3 heterocycles. The topological polar surface area (TPSA) is 120 Å². The minimum absolute atomic E-state index is 0.0634. The van der Waals surface area contributed by atoms with Crippen LogP contribution in [0.25, 0.3) is 0 Å². The molecule has 3 aromatic rings. The number of halogens is 1. The van der Waals surface area contributed by atoms with E-state index in [-0.39, 0.29) is 17.3 Å². The van der Waals surface area contributed by atoms with E-state index in [1.54, 1.807) is 43.5 Å². The molecular weight excluding hydrogens is 523 g/mol. The third-order valence-corrected chi connectivity index (χ3v) is 8.84. The van der Waals surface area contributed by atoms with Gasteiger partial charge in [0.2, 0.25) is 16.0 Å². The molecule has 0 amide bonds. The fourth-order valence-electron chi connectivity index (χ4n) is 4.93. The van der Waals surface area contributed by atoms with Crippen molar-refractivity contribution in [1.29, 1.82) is 0 Å². The van der Waals surface area contributed by atoms with E-state index in [4.69, 9.17) is 4.74 Å². The van der Waals surface area contributed by atoms with Crippen LogP contribution in [-0.4, -0.2) is 84.2 Å². The number of ether oxygens (including phenoxy) is 1. The average Bonchev–Trinajstić information content (AvgIpc) is 2.92. The number of aryl methyl sites for hydroxylation is 1. The Hall–Kier alpha value is -3.16. The minimum atomic E-state index is -3.78. The van der Waals surface area contributed by atoms with E-state index in [1.165, 1.54) is 22.5 Å². The van der Waals surface area contributed by atoms with Crippen LogP contribution in [0, 0.1) is 12.7 Å². The molecule has 10 nitrogen and oxygen atoms in total. The van der Waals surface area contributed by atoms with Crippen LogP contribution in [-0.2, 0) is 14.8 Å². The molecule has 2 aliphatic heterocycles. The molecule has 1 aromatic heterocycles. The number of morpholine rings is 1. The van der Waals surface area contributed by atoms with Crippen LogP contribution in [0.15, 0.2) is 59.6 Å². The van der Waals surface area contributed by atoms with E-state index >= 15 is 0 Å². The highest BCUT2D eigenvalue weighted by Crippen LogP contribution is 2.28. The second-order valence-corrected chi connectivity index (χ2v) is 12.0. The van der Waals surface area contributed by atoms with Gasteiger partial charge < -0.3 is 20.5 Å². The van der Waals surface area contributed by atoms with Crippen molar-refractivity contribution >= 4 is 33.2 Å². The average molecular weight is 557 g/mol. The Morgan fingerprint density at radius 3 is 2.54 bits per heavy atom. The maximum absolute atomic E-state index is 13.6. The Balaban J connectivity index is 1.23. The van der Waals surface area contributed by atoms with E-state index in [0.29, 0.717) is 67.8 Å². The lowest BCUT2D eigenvalue weighted by molar-refractivity contribution is -0.0563. The predicted octanol–water partition coefficient (Wildman–Crippen LogP) is 3.26. The van der Waals surface area contributed by atoms with Crippen molar-refractivity contribution in [2.24, 2.45) is 0 Å². The van der Waals surface area contributed by atoms with Crippen molar-refractivity contribution in [1.82, 2.24) is 19.2 Å². The van der Waals surface area contributed by atoms with Crippen LogP contribution in [0.2, 0.25) is 0 Å². The Kier molecular flexibility index (Phi) is 8.10. The van der Waals surface area contributed by atoms with E-state index in [1.807, 2.05) is 0 Å². The number of piperidine rings is 1. The van der Waals surface area contributed by atoms with Crippen LogP contribution in [0.1, 0.15) is 18.4 Å². The number of aliphatic hydroxyl groups is 1. The molecule has 2 saturated heterocycles. The number of anilines is 4. The number of aromatic nitrogens is 2. The molecule has 2 aliphatic rings. The van der Waals surface area contributed by atoms with Gasteiger partial charge in [0.1, 0.15) is 11.6 Å². The monoisotopic (exact) mass is 556 g/mol. The molecule has 0 radical (unpaired) electrons. The number of nitrogens with one attached hydrogen (secondary N) is 2. The number of sulfonamides is 1. The molecule has 39 heavy (non-hydrogen) atoms. The molecule has 5 rings (SSSR count). The summed E-state index contributed by atoms with van der Waals surface area (Å²) in [5.41, 5.74) is 0.746. The Morgan fingerprint density at radius 1 is 1.05 bits per heavy atom. The van der Waals surface area contributed by atoms with Gasteiger partial charge in [-0.2, -0.15) is 9.29 Å². The van der Waals surface area contributed by atoms with Gasteiger partial charge in [-0.05, 0) is 73.9 Å². The van der Waals surface area contributed by atoms with Gasteiger partial charge in [-0.3, -0.25) is 4.90 Å². The maximum atomic E-state index is 13.6. The van der Waals surface area contributed by atoms with Crippen molar-refractivity contribution in [2.45, 2.75) is 30.3 Å². The van der Waals surface area contributed by atoms with Crippen molar-refractivity contribution in [3.8, 4) is 0 Å². The summed E-state index contributed by atoms with van der Waals surface area (Å²) in [4.78, 5) is 11.0. The van der Waals surface area contributed by atoms with Crippen LogP contribution < -0.4 is 10.6 Å². The first kappa shape index (κ1) is 27.4. The van der Waals surface area contributed by atoms with Crippen LogP contribution in [0.5, 0.6) is 0 Å². The number of rotatable bonds is 8. The highest BCUT2D eigenvalue weighted by atomic mass is 32.2. The Morgan fingerprint density at radius 2 is 1.79 bits per heavy atom. The highest BCUT2D eigenvalue weighted by Gasteiger charge is 2.40. The predicted molar refractivity (Wildman–Crippen MR) is 146 cm³/mol. The molecule has 12 heteroatoms. The number of nitrogens with zero attached hydrogens (tertiary/aromatic N) is 4. The smallest absolute Gasteiger partial charge is 0.243 e. The third kappa shape index (κ3) is 6.71. The standard InChI is InChI=1S/C27H33FN6O4S/c1-20-17-22(5-8-24(20)28)30-25-9-11-29-26(32-25)31-21-3-6-23(7-4-21)39(36,37)34-12-2-10-27(35,19-34)18-33-13-15-38-16-14-33/h3-9,11,17,35H,2,10,12-16,18-19H2,1H3,(H2,29,30,31,32). The molecule has 0 saturated carbocycles.